The molecule has 13 heavy (non-hydrogen) atoms. The summed E-state index contributed by atoms with van der Waals surface area (Å²) in [7, 11) is 0. The van der Waals surface area contributed by atoms with Crippen molar-refractivity contribution in [2.75, 3.05) is 0 Å². The van der Waals surface area contributed by atoms with Gasteiger partial charge in [-0.1, -0.05) is 81.9 Å². The lowest BCUT2D eigenvalue weighted by molar-refractivity contribution is 0.607. The SMILES string of the molecule is Fc1c(C(Br)Br)cccc1C(Br)Br. The summed E-state index contributed by atoms with van der Waals surface area (Å²) in [6.45, 7) is 0. The molecule has 0 aromatic heterocycles. The maximum Gasteiger partial charge on any atom is 0.133 e. The van der Waals surface area contributed by atoms with Crippen molar-refractivity contribution >= 4 is 63.7 Å². The van der Waals surface area contributed by atoms with E-state index in [-0.39, 0.29) is 13.3 Å². The molecule has 5 heteroatoms. The Labute approximate surface area is 110 Å². The minimum absolute atomic E-state index is 0.154. The average molecular weight is 440 g/mol. The van der Waals surface area contributed by atoms with Crippen LogP contribution < -0.4 is 0 Å². The van der Waals surface area contributed by atoms with Crippen molar-refractivity contribution in [3.63, 3.8) is 0 Å². The molecule has 72 valence electrons. The number of alkyl halides is 4. The summed E-state index contributed by atoms with van der Waals surface area (Å²) in [5.74, 6) is -0.208. The molecular formula is C8H5Br4F. The van der Waals surface area contributed by atoms with Crippen LogP contribution >= 0.6 is 63.7 Å². The Morgan fingerprint density at radius 3 is 1.62 bits per heavy atom. The van der Waals surface area contributed by atoms with Gasteiger partial charge >= 0.3 is 0 Å². The van der Waals surface area contributed by atoms with E-state index >= 15 is 0 Å². The second kappa shape index (κ2) is 5.24. The molecule has 1 aromatic rings. The molecule has 0 aliphatic carbocycles. The molecule has 0 atom stereocenters. The predicted molar refractivity (Wildman–Crippen MR) is 67.6 cm³/mol. The molecule has 0 N–H and O–H groups in total. The molecular weight excluding hydrogens is 435 g/mol. The van der Waals surface area contributed by atoms with Crippen molar-refractivity contribution < 1.29 is 4.39 Å². The van der Waals surface area contributed by atoms with Crippen LogP contribution in [0.4, 0.5) is 4.39 Å². The molecule has 1 rings (SSSR count). The maximum absolute atomic E-state index is 13.7. The van der Waals surface area contributed by atoms with Gasteiger partial charge in [-0.05, 0) is 0 Å². The normalized spacial score (nSPS) is 11.3. The van der Waals surface area contributed by atoms with Gasteiger partial charge in [0.25, 0.3) is 0 Å². The van der Waals surface area contributed by atoms with Gasteiger partial charge in [-0.15, -0.1) is 0 Å². The second-order valence-corrected chi connectivity index (χ2v) is 8.47. The molecule has 1 aromatic carbocycles. The average Bonchev–Trinajstić information content (AvgIpc) is 2.03. The Morgan fingerprint density at radius 2 is 1.31 bits per heavy atom. The van der Waals surface area contributed by atoms with Crippen molar-refractivity contribution in [3.05, 3.63) is 35.1 Å². The Kier molecular flexibility index (Phi) is 4.89. The van der Waals surface area contributed by atoms with Gasteiger partial charge in [-0.25, -0.2) is 4.39 Å². The number of benzene rings is 1. The van der Waals surface area contributed by atoms with Gasteiger partial charge in [0.05, 0.1) is 7.47 Å². The molecule has 0 heterocycles. The second-order valence-electron chi connectivity index (χ2n) is 2.35. The molecule has 0 fully saturated rings. The first-order valence-electron chi connectivity index (χ1n) is 3.38. The fraction of sp³-hybridized carbons (Fsp3) is 0.250. The zero-order valence-electron chi connectivity index (χ0n) is 6.28. The minimum atomic E-state index is -0.208. The van der Waals surface area contributed by atoms with Gasteiger partial charge in [0.1, 0.15) is 5.82 Å². The first-order chi connectivity index (χ1) is 6.04. The molecule has 0 saturated heterocycles. The van der Waals surface area contributed by atoms with Crippen LogP contribution in [0.25, 0.3) is 0 Å². The number of hydrogen-bond acceptors (Lipinski definition) is 0. The van der Waals surface area contributed by atoms with Gasteiger partial charge < -0.3 is 0 Å². The van der Waals surface area contributed by atoms with Crippen LogP contribution in [0.1, 0.15) is 18.6 Å². The molecule has 0 aliphatic rings. The highest BCUT2D eigenvalue weighted by Crippen LogP contribution is 2.37. The van der Waals surface area contributed by atoms with Crippen LogP contribution in [0.3, 0.4) is 0 Å². The van der Waals surface area contributed by atoms with Gasteiger partial charge in [-0.2, -0.15) is 0 Å². The molecule has 0 spiro atoms. The molecule has 0 saturated carbocycles. The Bertz CT molecular complexity index is 272. The first kappa shape index (κ1) is 12.1. The van der Waals surface area contributed by atoms with Crippen LogP contribution in [0.15, 0.2) is 18.2 Å². The first-order valence-corrected chi connectivity index (χ1v) is 7.05. The van der Waals surface area contributed by atoms with Crippen LogP contribution in [-0.4, -0.2) is 0 Å². The smallest absolute Gasteiger partial charge is 0.133 e. The largest absolute Gasteiger partial charge is 0.206 e. The molecule has 0 amide bonds. The summed E-state index contributed by atoms with van der Waals surface area (Å²) in [5.41, 5.74) is 1.20. The summed E-state index contributed by atoms with van der Waals surface area (Å²) >= 11 is 13.1. The van der Waals surface area contributed by atoms with Crippen molar-refractivity contribution in [2.24, 2.45) is 0 Å². The van der Waals surface area contributed by atoms with E-state index in [1.165, 1.54) is 0 Å². The standard InChI is InChI=1S/C8H5Br4F/c9-7(10)4-2-1-3-5(6(4)13)8(11)12/h1-3,7-8H. The Hall–Kier alpha value is 1.07. The van der Waals surface area contributed by atoms with Gasteiger partial charge in [-0.3, -0.25) is 0 Å². The lowest BCUT2D eigenvalue weighted by atomic mass is 10.1. The third-order valence-corrected chi connectivity index (χ3v) is 3.50. The quantitative estimate of drug-likeness (QED) is 0.541. The Morgan fingerprint density at radius 1 is 0.923 bits per heavy atom. The highest BCUT2D eigenvalue weighted by Gasteiger charge is 2.15. The molecule has 0 unspecified atom stereocenters. The highest BCUT2D eigenvalue weighted by atomic mass is 79.9. The van der Waals surface area contributed by atoms with Crippen molar-refractivity contribution in [2.45, 2.75) is 7.47 Å². The lowest BCUT2D eigenvalue weighted by Gasteiger charge is -2.09. The molecule has 0 radical (unpaired) electrons. The zero-order chi connectivity index (χ0) is 10.0. The van der Waals surface area contributed by atoms with E-state index in [9.17, 15) is 4.39 Å². The van der Waals surface area contributed by atoms with Crippen molar-refractivity contribution in [1.82, 2.24) is 0 Å². The summed E-state index contributed by atoms with van der Waals surface area (Å²) in [6, 6.07) is 5.28. The third-order valence-electron chi connectivity index (χ3n) is 1.53. The summed E-state index contributed by atoms with van der Waals surface area (Å²) in [5, 5.41) is 0. The van der Waals surface area contributed by atoms with Crippen LogP contribution in [-0.2, 0) is 0 Å². The van der Waals surface area contributed by atoms with E-state index in [2.05, 4.69) is 63.7 Å². The van der Waals surface area contributed by atoms with E-state index in [0.717, 1.165) is 0 Å². The van der Waals surface area contributed by atoms with Crippen LogP contribution in [0.5, 0.6) is 0 Å². The van der Waals surface area contributed by atoms with E-state index in [0.29, 0.717) is 11.1 Å². The highest BCUT2D eigenvalue weighted by molar-refractivity contribution is 9.24. The number of hydrogen-bond donors (Lipinski definition) is 0. The molecule has 0 nitrogen and oxygen atoms in total. The minimum Gasteiger partial charge on any atom is -0.206 e. The molecule has 0 aliphatic heterocycles. The van der Waals surface area contributed by atoms with Gasteiger partial charge in [0.15, 0.2) is 0 Å². The van der Waals surface area contributed by atoms with Crippen LogP contribution in [0, 0.1) is 5.82 Å². The van der Waals surface area contributed by atoms with Crippen molar-refractivity contribution in [1.29, 1.82) is 0 Å². The lowest BCUT2D eigenvalue weighted by Crippen LogP contribution is -1.94. The maximum atomic E-state index is 13.7. The van der Waals surface area contributed by atoms with Gasteiger partial charge in [0, 0.05) is 11.1 Å². The Balaban J connectivity index is 3.18. The number of halogens is 5. The summed E-state index contributed by atoms with van der Waals surface area (Å²) in [6.07, 6.45) is 0. The predicted octanol–water partition coefficient (Wildman–Crippen LogP) is 5.40. The number of rotatable bonds is 2. The van der Waals surface area contributed by atoms with Crippen LogP contribution in [0.2, 0.25) is 0 Å². The van der Waals surface area contributed by atoms with Gasteiger partial charge in [0.2, 0.25) is 0 Å². The fourth-order valence-electron chi connectivity index (χ4n) is 0.906. The summed E-state index contributed by atoms with van der Waals surface area (Å²) < 4.78 is 13.3. The van der Waals surface area contributed by atoms with E-state index in [1.54, 1.807) is 12.1 Å². The van der Waals surface area contributed by atoms with E-state index in [4.69, 9.17) is 0 Å². The zero-order valence-corrected chi connectivity index (χ0v) is 12.6. The van der Waals surface area contributed by atoms with E-state index < -0.39 is 0 Å². The van der Waals surface area contributed by atoms with Crippen molar-refractivity contribution in [3.8, 4) is 0 Å². The third kappa shape index (κ3) is 3.01. The van der Waals surface area contributed by atoms with E-state index in [1.807, 2.05) is 6.07 Å². The summed E-state index contributed by atoms with van der Waals surface area (Å²) in [4.78, 5) is 0. The fourth-order valence-corrected chi connectivity index (χ4v) is 2.32. The topological polar surface area (TPSA) is 0 Å². The monoisotopic (exact) mass is 436 g/mol. The molecule has 0 bridgehead atoms.